The van der Waals surface area contributed by atoms with E-state index in [0.29, 0.717) is 22.6 Å². The van der Waals surface area contributed by atoms with Gasteiger partial charge in [-0.25, -0.2) is 0 Å². The lowest BCUT2D eigenvalue weighted by atomic mass is 9.96. The van der Waals surface area contributed by atoms with E-state index in [1.165, 1.54) is 6.08 Å². The number of hydrogen-bond acceptors (Lipinski definition) is 4. The summed E-state index contributed by atoms with van der Waals surface area (Å²) in [6, 6.07) is 8.84. The SMILES string of the molecule is CCCc1cc(CCC)c(OC(C)C)c(C=CC(=O)c2ccc(N)cc2)c1O. The monoisotopic (exact) mass is 381 g/mol. The Balaban J connectivity index is 2.51. The molecule has 0 aliphatic heterocycles. The van der Waals surface area contributed by atoms with Crippen LogP contribution in [-0.2, 0) is 12.8 Å². The van der Waals surface area contributed by atoms with Gasteiger partial charge in [0, 0.05) is 11.3 Å². The van der Waals surface area contributed by atoms with Crippen LogP contribution in [0.25, 0.3) is 6.08 Å². The summed E-state index contributed by atoms with van der Waals surface area (Å²) in [6.07, 6.45) is 6.65. The fourth-order valence-corrected chi connectivity index (χ4v) is 3.14. The molecule has 3 N–H and O–H groups in total. The quantitative estimate of drug-likeness (QED) is 0.339. The number of rotatable bonds is 9. The molecule has 2 aromatic carbocycles. The predicted molar refractivity (Wildman–Crippen MR) is 116 cm³/mol. The molecule has 0 bridgehead atoms. The van der Waals surface area contributed by atoms with E-state index in [2.05, 4.69) is 13.8 Å². The number of anilines is 1. The largest absolute Gasteiger partial charge is 0.507 e. The van der Waals surface area contributed by atoms with Crippen LogP contribution < -0.4 is 10.5 Å². The lowest BCUT2D eigenvalue weighted by Crippen LogP contribution is -2.10. The van der Waals surface area contributed by atoms with Crippen LogP contribution in [0.1, 0.15) is 67.6 Å². The fourth-order valence-electron chi connectivity index (χ4n) is 3.14. The summed E-state index contributed by atoms with van der Waals surface area (Å²) in [4.78, 5) is 12.5. The Bertz CT molecular complexity index is 836. The first kappa shape index (κ1) is 21.5. The molecule has 2 rings (SSSR count). The van der Waals surface area contributed by atoms with E-state index in [0.717, 1.165) is 36.8 Å². The van der Waals surface area contributed by atoms with E-state index >= 15 is 0 Å². The number of nitrogen functional groups attached to an aromatic ring is 1. The highest BCUT2D eigenvalue weighted by atomic mass is 16.5. The number of carbonyl (C=O) groups is 1. The van der Waals surface area contributed by atoms with Gasteiger partial charge in [0.15, 0.2) is 5.78 Å². The Labute approximate surface area is 168 Å². The molecule has 0 saturated heterocycles. The molecule has 28 heavy (non-hydrogen) atoms. The summed E-state index contributed by atoms with van der Waals surface area (Å²) < 4.78 is 6.06. The third kappa shape index (κ3) is 5.38. The molecule has 0 aliphatic carbocycles. The van der Waals surface area contributed by atoms with Gasteiger partial charge in [-0.15, -0.1) is 0 Å². The molecule has 0 atom stereocenters. The first-order chi connectivity index (χ1) is 13.4. The van der Waals surface area contributed by atoms with Gasteiger partial charge in [-0.1, -0.05) is 26.7 Å². The van der Waals surface area contributed by atoms with Crippen molar-refractivity contribution in [3.05, 3.63) is 58.7 Å². The zero-order valence-corrected chi connectivity index (χ0v) is 17.3. The molecular formula is C24H31NO3. The molecule has 4 heteroatoms. The zero-order valence-electron chi connectivity index (χ0n) is 17.3. The third-order valence-electron chi connectivity index (χ3n) is 4.43. The molecule has 0 aliphatic rings. The van der Waals surface area contributed by atoms with Crippen molar-refractivity contribution in [3.63, 3.8) is 0 Å². The first-order valence-electron chi connectivity index (χ1n) is 9.99. The lowest BCUT2D eigenvalue weighted by Gasteiger charge is -2.20. The topological polar surface area (TPSA) is 72.5 Å². The maximum Gasteiger partial charge on any atom is 0.185 e. The second-order valence-corrected chi connectivity index (χ2v) is 7.27. The highest BCUT2D eigenvalue weighted by molar-refractivity contribution is 6.07. The number of aromatic hydroxyl groups is 1. The van der Waals surface area contributed by atoms with Gasteiger partial charge in [0.05, 0.1) is 11.7 Å². The molecule has 0 spiro atoms. The second kappa shape index (κ2) is 9.98. The molecule has 2 aromatic rings. The summed E-state index contributed by atoms with van der Waals surface area (Å²) >= 11 is 0. The van der Waals surface area contributed by atoms with Gasteiger partial charge in [-0.05, 0) is 80.3 Å². The van der Waals surface area contributed by atoms with Crippen molar-refractivity contribution in [1.82, 2.24) is 0 Å². The third-order valence-corrected chi connectivity index (χ3v) is 4.43. The number of carbonyl (C=O) groups excluding carboxylic acids is 1. The summed E-state index contributed by atoms with van der Waals surface area (Å²) in [5, 5.41) is 10.9. The highest BCUT2D eigenvalue weighted by Gasteiger charge is 2.18. The molecule has 0 unspecified atom stereocenters. The Morgan fingerprint density at radius 3 is 2.29 bits per heavy atom. The number of benzene rings is 2. The summed E-state index contributed by atoms with van der Waals surface area (Å²) in [5.74, 6) is 0.710. The Kier molecular flexibility index (Phi) is 7.68. The predicted octanol–water partition coefficient (Wildman–Crippen LogP) is 5.56. The number of ketones is 1. The van der Waals surface area contributed by atoms with Crippen LogP contribution in [0.4, 0.5) is 5.69 Å². The Hall–Kier alpha value is -2.75. The summed E-state index contributed by atoms with van der Waals surface area (Å²) in [6.45, 7) is 8.11. The molecule has 0 radical (unpaired) electrons. The van der Waals surface area contributed by atoms with Gasteiger partial charge < -0.3 is 15.6 Å². The van der Waals surface area contributed by atoms with Gasteiger partial charge in [-0.3, -0.25) is 4.79 Å². The van der Waals surface area contributed by atoms with Crippen LogP contribution >= 0.6 is 0 Å². The van der Waals surface area contributed by atoms with E-state index < -0.39 is 0 Å². The van der Waals surface area contributed by atoms with Crippen molar-refractivity contribution in [2.45, 2.75) is 59.5 Å². The molecule has 150 valence electrons. The first-order valence-corrected chi connectivity index (χ1v) is 9.99. The minimum absolute atomic E-state index is 0.0352. The van der Waals surface area contributed by atoms with Crippen LogP contribution in [0.3, 0.4) is 0 Å². The van der Waals surface area contributed by atoms with Crippen LogP contribution in [0.2, 0.25) is 0 Å². The van der Waals surface area contributed by atoms with Gasteiger partial charge in [0.2, 0.25) is 0 Å². The van der Waals surface area contributed by atoms with E-state index in [-0.39, 0.29) is 17.6 Å². The summed E-state index contributed by atoms with van der Waals surface area (Å²) in [5.41, 5.74) is 9.39. The number of phenols is 1. The Morgan fingerprint density at radius 2 is 1.71 bits per heavy atom. The second-order valence-electron chi connectivity index (χ2n) is 7.27. The average Bonchev–Trinajstić information content (AvgIpc) is 2.65. The van der Waals surface area contributed by atoms with E-state index in [1.807, 2.05) is 19.9 Å². The number of phenolic OH excluding ortho intramolecular Hbond substituents is 1. The van der Waals surface area contributed by atoms with E-state index in [4.69, 9.17) is 10.5 Å². The van der Waals surface area contributed by atoms with Crippen molar-refractivity contribution in [2.75, 3.05) is 5.73 Å². The zero-order chi connectivity index (χ0) is 20.7. The van der Waals surface area contributed by atoms with Gasteiger partial charge in [0.25, 0.3) is 0 Å². The molecule has 4 nitrogen and oxygen atoms in total. The summed E-state index contributed by atoms with van der Waals surface area (Å²) in [7, 11) is 0. The molecule has 0 aromatic heterocycles. The maximum atomic E-state index is 12.5. The molecular weight excluding hydrogens is 350 g/mol. The Morgan fingerprint density at radius 1 is 1.11 bits per heavy atom. The number of allylic oxidation sites excluding steroid dienone is 1. The highest BCUT2D eigenvalue weighted by Crippen LogP contribution is 2.38. The van der Waals surface area contributed by atoms with Crippen molar-refractivity contribution in [1.29, 1.82) is 0 Å². The van der Waals surface area contributed by atoms with E-state index in [9.17, 15) is 9.90 Å². The van der Waals surface area contributed by atoms with Crippen molar-refractivity contribution >= 4 is 17.5 Å². The number of nitrogens with two attached hydrogens (primary N) is 1. The van der Waals surface area contributed by atoms with Gasteiger partial charge in [-0.2, -0.15) is 0 Å². The molecule has 0 heterocycles. The van der Waals surface area contributed by atoms with Crippen LogP contribution in [0, 0.1) is 0 Å². The van der Waals surface area contributed by atoms with Crippen LogP contribution in [0.15, 0.2) is 36.4 Å². The van der Waals surface area contributed by atoms with Crippen LogP contribution in [0.5, 0.6) is 11.5 Å². The average molecular weight is 382 g/mol. The van der Waals surface area contributed by atoms with Crippen molar-refractivity contribution in [2.24, 2.45) is 0 Å². The van der Waals surface area contributed by atoms with E-state index in [1.54, 1.807) is 30.3 Å². The standard InChI is InChI=1S/C24H31NO3/c1-5-7-18-15-19(8-6-2)24(28-16(3)4)21(23(18)27)13-14-22(26)17-9-11-20(25)12-10-17/h9-16,27H,5-8,25H2,1-4H3. The molecule has 0 saturated carbocycles. The molecule has 0 fully saturated rings. The van der Waals surface area contributed by atoms with Gasteiger partial charge >= 0.3 is 0 Å². The molecule has 0 amide bonds. The van der Waals surface area contributed by atoms with Crippen molar-refractivity contribution in [3.8, 4) is 11.5 Å². The van der Waals surface area contributed by atoms with Gasteiger partial charge in [0.1, 0.15) is 11.5 Å². The minimum atomic E-state index is -0.146. The fraction of sp³-hybridized carbons (Fsp3) is 0.375. The van der Waals surface area contributed by atoms with Crippen LogP contribution in [-0.4, -0.2) is 17.0 Å². The number of aryl methyl sites for hydroxylation is 2. The van der Waals surface area contributed by atoms with Crippen molar-refractivity contribution < 1.29 is 14.6 Å². The number of ether oxygens (including phenoxy) is 1. The number of hydrogen-bond donors (Lipinski definition) is 2. The normalized spacial score (nSPS) is 11.3. The smallest absolute Gasteiger partial charge is 0.185 e. The maximum absolute atomic E-state index is 12.5. The minimum Gasteiger partial charge on any atom is -0.507 e. The lowest BCUT2D eigenvalue weighted by molar-refractivity contribution is 0.104.